The lowest BCUT2D eigenvalue weighted by atomic mass is 9.90. The molecule has 0 aliphatic rings. The lowest BCUT2D eigenvalue weighted by molar-refractivity contribution is -0.159. The van der Waals surface area contributed by atoms with Gasteiger partial charge in [0.2, 0.25) is 0 Å². The fourth-order valence-electron chi connectivity index (χ4n) is 2.08. The fourth-order valence-corrected chi connectivity index (χ4v) is 2.52. The van der Waals surface area contributed by atoms with Crippen LogP contribution >= 0.6 is 7.82 Å². The van der Waals surface area contributed by atoms with Crippen LogP contribution in [0.15, 0.2) is 38.0 Å². The molecule has 33 heavy (non-hydrogen) atoms. The first-order valence-corrected chi connectivity index (χ1v) is 10.8. The maximum atomic E-state index is 11.4. The molecule has 0 aromatic heterocycles. The predicted octanol–water partition coefficient (Wildman–Crippen LogP) is -0.743. The van der Waals surface area contributed by atoms with Crippen LogP contribution in [0.25, 0.3) is 0 Å². The van der Waals surface area contributed by atoms with Crippen LogP contribution in [0.4, 0.5) is 0 Å². The number of aliphatic hydroxyl groups is 2. The Hall–Kier alpha value is -2.38. The molecule has 188 valence electrons. The highest BCUT2D eigenvalue weighted by Crippen LogP contribution is 2.38. The van der Waals surface area contributed by atoms with Gasteiger partial charge in [-0.1, -0.05) is 19.7 Å². The van der Waals surface area contributed by atoms with Gasteiger partial charge < -0.3 is 38.9 Å². The number of aliphatic hydroxyl groups excluding tert-OH is 2. The lowest BCUT2D eigenvalue weighted by Gasteiger charge is -2.34. The molecule has 0 aliphatic heterocycles. The number of phosphoric ester groups is 1. The Morgan fingerprint density at radius 2 is 1.03 bits per heavy atom. The lowest BCUT2D eigenvalue weighted by Crippen LogP contribution is -2.45. The first-order valence-electron chi connectivity index (χ1n) is 9.27. The molecule has 13 nitrogen and oxygen atoms in total. The first kappa shape index (κ1) is 30.6. The molecular weight excluding hydrogens is 467 g/mol. The monoisotopic (exact) mass is 496 g/mol. The highest BCUT2D eigenvalue weighted by molar-refractivity contribution is 7.46. The normalized spacial score (nSPS) is 13.3. The van der Waals surface area contributed by atoms with Crippen molar-refractivity contribution in [3.05, 3.63) is 38.0 Å². The predicted molar refractivity (Wildman–Crippen MR) is 111 cm³/mol. The van der Waals surface area contributed by atoms with Gasteiger partial charge in [0.25, 0.3) is 0 Å². The number of rotatable bonds is 18. The number of carbonyl (C=O) groups excluding carboxylic acids is 3. The molecule has 0 aromatic carbocycles. The highest BCUT2D eigenvalue weighted by atomic mass is 31.2. The van der Waals surface area contributed by atoms with Crippen molar-refractivity contribution >= 4 is 25.7 Å². The Labute approximate surface area is 190 Å². The molecule has 4 N–H and O–H groups in total. The van der Waals surface area contributed by atoms with E-state index in [1.54, 1.807) is 0 Å². The van der Waals surface area contributed by atoms with Crippen molar-refractivity contribution in [1.82, 2.24) is 0 Å². The maximum absolute atomic E-state index is 11.4. The Morgan fingerprint density at radius 3 is 1.30 bits per heavy atom. The average molecular weight is 496 g/mol. The van der Waals surface area contributed by atoms with Crippen LogP contribution in [0.3, 0.4) is 0 Å². The van der Waals surface area contributed by atoms with Crippen molar-refractivity contribution in [2.75, 3.05) is 52.9 Å². The summed E-state index contributed by atoms with van der Waals surface area (Å²) in [4.78, 5) is 52.2. The quantitative estimate of drug-likeness (QED) is 0.0802. The van der Waals surface area contributed by atoms with Crippen LogP contribution in [0.5, 0.6) is 0 Å². The van der Waals surface area contributed by atoms with Gasteiger partial charge in [-0.15, -0.1) is 0 Å². The fraction of sp³-hybridized carbons (Fsp3) is 0.526. The largest absolute Gasteiger partial charge is 0.469 e. The Kier molecular flexibility index (Phi) is 13.6. The SMILES string of the molecule is C=CC(=O)OCC(CO)(COCC(CO)(COC(=O)C=C)COP(=O)(O)O)COC(=O)C=C. The first-order chi connectivity index (χ1) is 15.4. The number of hydrogen-bond donors (Lipinski definition) is 4. The van der Waals surface area contributed by atoms with Gasteiger partial charge in [-0.25, -0.2) is 18.9 Å². The van der Waals surface area contributed by atoms with E-state index in [0.717, 1.165) is 18.2 Å². The van der Waals surface area contributed by atoms with Crippen molar-refractivity contribution in [3.8, 4) is 0 Å². The van der Waals surface area contributed by atoms with Gasteiger partial charge in [0.05, 0.1) is 43.9 Å². The zero-order valence-corrected chi connectivity index (χ0v) is 18.8. The minimum atomic E-state index is -4.95. The van der Waals surface area contributed by atoms with Crippen LogP contribution in [-0.2, 0) is 42.4 Å². The highest BCUT2D eigenvalue weighted by Gasteiger charge is 2.38. The number of hydrogen-bond acceptors (Lipinski definition) is 11. The number of carbonyl (C=O) groups is 3. The summed E-state index contributed by atoms with van der Waals surface area (Å²) in [5.74, 6) is -2.51. The molecule has 0 aromatic rings. The van der Waals surface area contributed by atoms with E-state index in [4.69, 9.17) is 28.7 Å². The molecule has 0 spiro atoms. The molecule has 0 saturated carbocycles. The van der Waals surface area contributed by atoms with Gasteiger partial charge in [-0.2, -0.15) is 0 Å². The zero-order valence-electron chi connectivity index (χ0n) is 17.9. The summed E-state index contributed by atoms with van der Waals surface area (Å²) in [6, 6.07) is 0. The molecule has 0 rings (SSSR count). The Morgan fingerprint density at radius 1 is 0.697 bits per heavy atom. The summed E-state index contributed by atoms with van der Waals surface area (Å²) >= 11 is 0. The van der Waals surface area contributed by atoms with E-state index in [1.165, 1.54) is 0 Å². The minimum absolute atomic E-state index is 0.425. The van der Waals surface area contributed by atoms with E-state index in [-0.39, 0.29) is 0 Å². The van der Waals surface area contributed by atoms with Crippen LogP contribution in [-0.4, -0.2) is 90.8 Å². The molecular formula is C19H29O13P. The standard InChI is InChI=1S/C19H29O13P/c1-4-15(22)29-11-18(7-20,12-30-16(23)5-2)9-28-10-19(8-21,13-31-17(24)6-3)14-32-33(25,26)27/h4-6,20-21H,1-3,7-14H2,(H2,25,26,27). The second kappa shape index (κ2) is 14.7. The molecule has 1 unspecified atom stereocenters. The number of phosphoric acid groups is 1. The van der Waals surface area contributed by atoms with Crippen LogP contribution in [0.2, 0.25) is 0 Å². The summed E-state index contributed by atoms with van der Waals surface area (Å²) < 4.78 is 35.8. The summed E-state index contributed by atoms with van der Waals surface area (Å²) in [6.07, 6.45) is 2.59. The summed E-state index contributed by atoms with van der Waals surface area (Å²) in [7, 11) is -4.95. The van der Waals surface area contributed by atoms with Crippen molar-refractivity contribution in [2.45, 2.75) is 0 Å². The van der Waals surface area contributed by atoms with E-state index in [1.807, 2.05) is 0 Å². The molecule has 0 fully saturated rings. The van der Waals surface area contributed by atoms with E-state index >= 15 is 0 Å². The van der Waals surface area contributed by atoms with E-state index < -0.39 is 89.4 Å². The molecule has 0 aliphatic carbocycles. The van der Waals surface area contributed by atoms with Crippen LogP contribution in [0, 0.1) is 10.8 Å². The summed E-state index contributed by atoms with van der Waals surface area (Å²) in [6.45, 7) is 5.02. The third-order valence-corrected chi connectivity index (χ3v) is 4.55. The smallest absolute Gasteiger partial charge is 0.462 e. The van der Waals surface area contributed by atoms with Crippen molar-refractivity contribution in [1.29, 1.82) is 0 Å². The third-order valence-electron chi connectivity index (χ3n) is 4.09. The molecule has 14 heteroatoms. The molecule has 0 saturated heterocycles. The van der Waals surface area contributed by atoms with Gasteiger partial charge in [-0.05, 0) is 0 Å². The van der Waals surface area contributed by atoms with Crippen LogP contribution in [0.1, 0.15) is 0 Å². The van der Waals surface area contributed by atoms with Gasteiger partial charge in [-0.3, -0.25) is 4.52 Å². The van der Waals surface area contributed by atoms with Crippen molar-refractivity contribution in [3.63, 3.8) is 0 Å². The Balaban J connectivity index is 5.53. The van der Waals surface area contributed by atoms with E-state index in [0.29, 0.717) is 0 Å². The van der Waals surface area contributed by atoms with Gasteiger partial charge in [0, 0.05) is 18.2 Å². The molecule has 0 heterocycles. The van der Waals surface area contributed by atoms with Gasteiger partial charge in [0.15, 0.2) is 0 Å². The van der Waals surface area contributed by atoms with Crippen molar-refractivity contribution < 1.29 is 62.4 Å². The van der Waals surface area contributed by atoms with E-state index in [2.05, 4.69) is 24.3 Å². The van der Waals surface area contributed by atoms with Gasteiger partial charge >= 0.3 is 25.7 Å². The van der Waals surface area contributed by atoms with E-state index in [9.17, 15) is 29.2 Å². The molecule has 0 amide bonds. The average Bonchev–Trinajstić information content (AvgIpc) is 2.80. The second-order valence-corrected chi connectivity index (χ2v) is 8.25. The minimum Gasteiger partial charge on any atom is -0.462 e. The number of esters is 3. The molecule has 0 bridgehead atoms. The third kappa shape index (κ3) is 12.4. The van der Waals surface area contributed by atoms with Crippen molar-refractivity contribution in [2.24, 2.45) is 10.8 Å². The van der Waals surface area contributed by atoms with Gasteiger partial charge in [0.1, 0.15) is 19.8 Å². The topological polar surface area (TPSA) is 195 Å². The summed E-state index contributed by atoms with van der Waals surface area (Å²) in [5, 5.41) is 19.7. The maximum Gasteiger partial charge on any atom is 0.469 e. The second-order valence-electron chi connectivity index (χ2n) is 7.01. The zero-order chi connectivity index (χ0) is 25.5. The summed E-state index contributed by atoms with van der Waals surface area (Å²) in [5.41, 5.74) is -3.09. The molecule has 1 atom stereocenters. The Bertz CT molecular complexity index is 720. The number of ether oxygens (including phenoxy) is 4. The van der Waals surface area contributed by atoms with Crippen LogP contribution < -0.4 is 0 Å². The molecule has 0 radical (unpaired) electrons.